The van der Waals surface area contributed by atoms with Crippen LogP contribution in [0.3, 0.4) is 0 Å². The number of ether oxygens (including phenoxy) is 2. The van der Waals surface area contributed by atoms with Crippen LogP contribution in [0, 0.1) is 5.21 Å². The number of quaternary nitrogens is 1. The second kappa shape index (κ2) is 3.79. The summed E-state index contributed by atoms with van der Waals surface area (Å²) < 4.78 is 12.2. The van der Waals surface area contributed by atoms with Crippen LogP contribution in [0.4, 0.5) is 0 Å². The van der Waals surface area contributed by atoms with Gasteiger partial charge in [0.05, 0.1) is 18.6 Å². The van der Waals surface area contributed by atoms with Crippen LogP contribution in [0.15, 0.2) is 12.1 Å². The fourth-order valence-corrected chi connectivity index (χ4v) is 6.50. The number of ketones is 1. The maximum Gasteiger partial charge on any atom is 0.174 e. The lowest BCUT2D eigenvalue weighted by molar-refractivity contribution is -0.933. The summed E-state index contributed by atoms with van der Waals surface area (Å²) in [6.07, 6.45) is 1.58. The van der Waals surface area contributed by atoms with Gasteiger partial charge in [-0.3, -0.25) is 4.79 Å². The van der Waals surface area contributed by atoms with Crippen molar-refractivity contribution >= 4 is 5.78 Å². The number of rotatable bonds is 0. The first-order valence-corrected chi connectivity index (χ1v) is 8.78. The van der Waals surface area contributed by atoms with Crippen molar-refractivity contribution in [1.29, 1.82) is 0 Å². The summed E-state index contributed by atoms with van der Waals surface area (Å²) in [6, 6.07) is 3.35. The van der Waals surface area contributed by atoms with Crippen LogP contribution in [0.5, 0.6) is 11.5 Å². The van der Waals surface area contributed by atoms with Gasteiger partial charge in [0, 0.05) is 24.8 Å². The van der Waals surface area contributed by atoms with Crippen molar-refractivity contribution in [2.24, 2.45) is 0 Å². The first-order valence-electron chi connectivity index (χ1n) is 8.78. The molecule has 3 fully saturated rings. The van der Waals surface area contributed by atoms with Crippen molar-refractivity contribution in [3.8, 4) is 11.5 Å². The molecule has 2 spiro atoms. The Hall–Kier alpha value is -1.63. The number of morpholine rings is 1. The summed E-state index contributed by atoms with van der Waals surface area (Å²) in [5, 5.41) is 23.8. The summed E-state index contributed by atoms with van der Waals surface area (Å²) in [4.78, 5) is 12.7. The summed E-state index contributed by atoms with van der Waals surface area (Å²) >= 11 is 0. The van der Waals surface area contributed by atoms with Gasteiger partial charge in [0.25, 0.3) is 0 Å². The molecule has 3 heterocycles. The molecule has 5 aliphatic rings. The van der Waals surface area contributed by atoms with E-state index in [-0.39, 0.29) is 22.2 Å². The smallest absolute Gasteiger partial charge is 0.174 e. The summed E-state index contributed by atoms with van der Waals surface area (Å²) in [6.45, 7) is 1.42. The van der Waals surface area contributed by atoms with Crippen LogP contribution in [0.25, 0.3) is 0 Å². The third-order valence-electron chi connectivity index (χ3n) is 7.38. The zero-order valence-electron chi connectivity index (χ0n) is 13.3. The van der Waals surface area contributed by atoms with Gasteiger partial charge in [0.2, 0.25) is 0 Å². The average Bonchev–Trinajstić information content (AvgIpc) is 2.92. The number of Topliss-reactive ketones (excluding diaryl/α,β-unsaturated/α-hetero) is 1. The number of hydroxylamine groups is 3. The minimum atomic E-state index is -0.629. The van der Waals surface area contributed by atoms with E-state index in [0.717, 1.165) is 11.1 Å². The minimum absolute atomic E-state index is 0.0721. The Bertz CT molecular complexity index is 809. The van der Waals surface area contributed by atoms with Gasteiger partial charge >= 0.3 is 0 Å². The molecule has 5 atom stereocenters. The Balaban J connectivity index is 1.73. The van der Waals surface area contributed by atoms with Crippen molar-refractivity contribution in [1.82, 2.24) is 0 Å². The number of hydrogen-bond donors (Lipinski definition) is 1. The van der Waals surface area contributed by atoms with Crippen LogP contribution in [-0.4, -0.2) is 53.0 Å². The standard InChI is InChI=1S/C18H19NO5/c20-11-2-1-10-9-13-18-4-3-12(21)16-17(18,14(10)15(11)24-16)5-6-19(13,22)7-8-23-18/h1-2,13,16,20H,3-9H2/t13-,16+,17+,18-,19?/m1/s1. The molecule has 6 nitrogen and oxygen atoms in total. The third kappa shape index (κ3) is 1.15. The normalized spacial score (nSPS) is 47.1. The van der Waals surface area contributed by atoms with Crippen LogP contribution in [0.2, 0.25) is 0 Å². The third-order valence-corrected chi connectivity index (χ3v) is 7.38. The SMILES string of the molecule is O=C1CC[C@]23OCC[N+]4([O-])CC[C@@]25c2c(ccc(O)c2O[C@@H]15)C[C@H]34. The highest BCUT2D eigenvalue weighted by atomic mass is 16.6. The number of phenols is 1. The van der Waals surface area contributed by atoms with Crippen LogP contribution in [0.1, 0.15) is 30.4 Å². The molecule has 1 aromatic rings. The van der Waals surface area contributed by atoms with Gasteiger partial charge in [-0.1, -0.05) is 6.07 Å². The lowest BCUT2D eigenvalue weighted by atomic mass is 9.48. The predicted molar refractivity (Wildman–Crippen MR) is 82.6 cm³/mol. The predicted octanol–water partition coefficient (Wildman–Crippen LogP) is 1.17. The largest absolute Gasteiger partial charge is 0.632 e. The van der Waals surface area contributed by atoms with E-state index in [4.69, 9.17) is 9.47 Å². The number of piperidine rings is 1. The summed E-state index contributed by atoms with van der Waals surface area (Å²) in [7, 11) is 0. The molecule has 0 amide bonds. The van der Waals surface area contributed by atoms with Crippen molar-refractivity contribution in [3.63, 3.8) is 0 Å². The molecule has 0 radical (unpaired) electrons. The Morgan fingerprint density at radius 3 is 3.04 bits per heavy atom. The molecule has 1 saturated carbocycles. The second-order valence-electron chi connectivity index (χ2n) is 7.99. The highest BCUT2D eigenvalue weighted by Gasteiger charge is 2.78. The number of benzene rings is 1. The molecule has 6 heteroatoms. The fourth-order valence-electron chi connectivity index (χ4n) is 6.50. The maximum absolute atomic E-state index is 13.5. The molecule has 24 heavy (non-hydrogen) atoms. The molecule has 2 aliphatic carbocycles. The quantitative estimate of drug-likeness (QED) is 0.571. The molecule has 6 rings (SSSR count). The molecule has 4 bridgehead atoms. The van der Waals surface area contributed by atoms with Gasteiger partial charge in [-0.25, -0.2) is 0 Å². The molecule has 2 saturated heterocycles. The molecule has 1 N–H and O–H groups in total. The van der Waals surface area contributed by atoms with E-state index in [2.05, 4.69) is 0 Å². The van der Waals surface area contributed by atoms with Crippen LogP contribution < -0.4 is 4.74 Å². The van der Waals surface area contributed by atoms with Crippen molar-refractivity contribution < 1.29 is 24.0 Å². The number of phenolic OH excluding ortho intramolecular Hbond substituents is 1. The van der Waals surface area contributed by atoms with Gasteiger partial charge in [-0.05, 0) is 18.1 Å². The zero-order chi connectivity index (χ0) is 16.3. The zero-order valence-corrected chi connectivity index (χ0v) is 13.3. The lowest BCUT2D eigenvalue weighted by Gasteiger charge is -2.70. The van der Waals surface area contributed by atoms with Crippen LogP contribution >= 0.6 is 0 Å². The van der Waals surface area contributed by atoms with E-state index in [1.165, 1.54) is 0 Å². The molecule has 0 aromatic heterocycles. The number of aromatic hydroxyl groups is 1. The van der Waals surface area contributed by atoms with E-state index in [9.17, 15) is 15.1 Å². The van der Waals surface area contributed by atoms with Crippen LogP contribution in [-0.2, 0) is 21.4 Å². The number of nitrogens with zero attached hydrogens (tertiary/aromatic N) is 1. The molecule has 126 valence electrons. The monoisotopic (exact) mass is 329 g/mol. The van der Waals surface area contributed by atoms with Gasteiger partial charge < -0.3 is 24.4 Å². The van der Waals surface area contributed by atoms with Crippen molar-refractivity contribution in [3.05, 3.63) is 28.5 Å². The van der Waals surface area contributed by atoms with E-state index in [0.29, 0.717) is 51.1 Å². The van der Waals surface area contributed by atoms with Gasteiger partial charge in [0.1, 0.15) is 18.2 Å². The molecular formula is C18H19NO5. The second-order valence-corrected chi connectivity index (χ2v) is 7.99. The van der Waals surface area contributed by atoms with E-state index in [1.807, 2.05) is 6.07 Å². The van der Waals surface area contributed by atoms with Gasteiger partial charge in [-0.15, -0.1) is 0 Å². The first-order chi connectivity index (χ1) is 11.5. The Morgan fingerprint density at radius 1 is 1.29 bits per heavy atom. The molecule has 3 aliphatic heterocycles. The van der Waals surface area contributed by atoms with E-state index >= 15 is 0 Å². The Morgan fingerprint density at radius 2 is 2.17 bits per heavy atom. The van der Waals surface area contributed by atoms with Gasteiger partial charge in [0.15, 0.2) is 23.4 Å². The average molecular weight is 329 g/mol. The molecule has 1 unspecified atom stereocenters. The summed E-state index contributed by atoms with van der Waals surface area (Å²) in [5.74, 6) is 0.608. The molecular weight excluding hydrogens is 310 g/mol. The Kier molecular flexibility index (Phi) is 2.15. The first kappa shape index (κ1) is 13.6. The fraction of sp³-hybridized carbons (Fsp3) is 0.611. The lowest BCUT2D eigenvalue weighted by Crippen LogP contribution is -2.83. The van der Waals surface area contributed by atoms with Crippen molar-refractivity contribution in [2.45, 2.75) is 48.8 Å². The number of hydrogen-bond acceptors (Lipinski definition) is 5. The topological polar surface area (TPSA) is 78.8 Å². The minimum Gasteiger partial charge on any atom is -0.632 e. The molecule has 1 aromatic carbocycles. The summed E-state index contributed by atoms with van der Waals surface area (Å²) in [5.41, 5.74) is 0.769. The maximum atomic E-state index is 13.5. The number of carbonyl (C=O) groups excluding carboxylic acids is 1. The highest BCUT2D eigenvalue weighted by molar-refractivity contribution is 5.90. The van der Waals surface area contributed by atoms with Gasteiger partial charge in [-0.2, -0.15) is 0 Å². The van der Waals surface area contributed by atoms with E-state index < -0.39 is 17.1 Å². The Labute approximate surface area is 139 Å². The van der Waals surface area contributed by atoms with Crippen molar-refractivity contribution in [2.75, 3.05) is 19.7 Å². The van der Waals surface area contributed by atoms with E-state index in [1.54, 1.807) is 6.07 Å². The number of carbonyl (C=O) groups is 1. The highest BCUT2D eigenvalue weighted by Crippen LogP contribution is 2.67.